The van der Waals surface area contributed by atoms with E-state index < -0.39 is 0 Å². The van der Waals surface area contributed by atoms with Crippen molar-refractivity contribution in [2.45, 2.75) is 45.6 Å². The average Bonchev–Trinajstić information content (AvgIpc) is 2.37. The first kappa shape index (κ1) is 21.3. The maximum Gasteiger partial charge on any atom is 0.305 e. The van der Waals surface area contributed by atoms with Crippen LogP contribution in [0.15, 0.2) is 0 Å². The van der Waals surface area contributed by atoms with Gasteiger partial charge in [-0.1, -0.05) is 20.3 Å². The van der Waals surface area contributed by atoms with Crippen molar-refractivity contribution < 1.29 is 9.53 Å². The number of esters is 1. The van der Waals surface area contributed by atoms with Gasteiger partial charge in [-0.05, 0) is 26.4 Å². The molecule has 0 atom stereocenters. The van der Waals surface area contributed by atoms with E-state index in [4.69, 9.17) is 0 Å². The highest BCUT2D eigenvalue weighted by molar-refractivity contribution is 5.68. The fourth-order valence-corrected chi connectivity index (χ4v) is 1.06. The smallest absolute Gasteiger partial charge is 0.305 e. The molecule has 4 nitrogen and oxygen atoms in total. The fraction of sp³-hybridized carbons (Fsp3) is 0.769. The third-order valence-electron chi connectivity index (χ3n) is 1.84. The molecule has 0 aliphatic heterocycles. The molecule has 4 heteroatoms. The van der Waals surface area contributed by atoms with Crippen molar-refractivity contribution in [3.63, 3.8) is 0 Å². The van der Waals surface area contributed by atoms with Crippen LogP contribution in [0.4, 0.5) is 0 Å². The predicted octanol–water partition coefficient (Wildman–Crippen LogP) is 1.54. The molecule has 0 saturated carbocycles. The summed E-state index contributed by atoms with van der Waals surface area (Å²) in [5, 5.41) is 3.33. The summed E-state index contributed by atoms with van der Waals surface area (Å²) in [5.74, 6) is -0.100. The van der Waals surface area contributed by atoms with Crippen LogP contribution >= 0.6 is 0 Å². The third kappa shape index (κ3) is 25.3. The normalized spacial score (nSPS) is 8.47. The van der Waals surface area contributed by atoms with Gasteiger partial charge in [0.25, 0.3) is 0 Å². The van der Waals surface area contributed by atoms with E-state index in [-0.39, 0.29) is 5.97 Å². The van der Waals surface area contributed by atoms with E-state index in [1.165, 1.54) is 14.2 Å². The summed E-state index contributed by atoms with van der Waals surface area (Å²) >= 11 is 0. The number of nitrogens with one attached hydrogen (secondary N) is 1. The Labute approximate surface area is 106 Å². The number of ether oxygens (including phenoxy) is 1. The van der Waals surface area contributed by atoms with Gasteiger partial charge in [0.2, 0.25) is 0 Å². The molecule has 0 rings (SSSR count). The van der Waals surface area contributed by atoms with Gasteiger partial charge in [0.15, 0.2) is 0 Å². The zero-order valence-corrected chi connectivity index (χ0v) is 11.7. The number of carbonyl (C=O) groups excluding carboxylic acids is 1. The number of terminal acetylenes is 1. The van der Waals surface area contributed by atoms with Crippen molar-refractivity contribution in [1.29, 1.82) is 0 Å². The van der Waals surface area contributed by atoms with Crippen molar-refractivity contribution in [2.24, 2.45) is 5.73 Å². The van der Waals surface area contributed by atoms with Crippen molar-refractivity contribution in [3.8, 4) is 12.8 Å². The Morgan fingerprint density at radius 2 is 1.76 bits per heavy atom. The first-order valence-electron chi connectivity index (χ1n) is 5.88. The van der Waals surface area contributed by atoms with E-state index in [9.17, 15) is 4.79 Å². The summed E-state index contributed by atoms with van der Waals surface area (Å²) < 4.78 is 4.54. The number of hydrogen-bond acceptors (Lipinski definition) is 4. The molecule has 0 radical (unpaired) electrons. The summed E-state index contributed by atoms with van der Waals surface area (Å²) in [4.78, 5) is 10.7. The molecule has 0 aromatic carbocycles. The van der Waals surface area contributed by atoms with Crippen LogP contribution in [-0.4, -0.2) is 32.7 Å². The minimum absolute atomic E-state index is 0.100. The molecule has 0 fully saturated rings. The third-order valence-corrected chi connectivity index (χ3v) is 1.84. The molecule has 0 aromatic rings. The van der Waals surface area contributed by atoms with Crippen LogP contribution in [0, 0.1) is 12.8 Å². The molecular formula is C13H28N2O2. The van der Waals surface area contributed by atoms with E-state index in [1.807, 2.05) is 0 Å². The number of rotatable bonds is 7. The number of unbranched alkanes of at least 4 members (excludes halogenated alkanes) is 2. The van der Waals surface area contributed by atoms with Crippen LogP contribution in [-0.2, 0) is 9.53 Å². The number of carbonyl (C=O) groups is 1. The van der Waals surface area contributed by atoms with Gasteiger partial charge in [-0.15, -0.1) is 12.8 Å². The largest absolute Gasteiger partial charge is 0.469 e. The Balaban J connectivity index is -0.000000439. The van der Waals surface area contributed by atoms with Gasteiger partial charge in [-0.3, -0.25) is 4.79 Å². The molecule has 0 heterocycles. The van der Waals surface area contributed by atoms with Crippen molar-refractivity contribution in [3.05, 3.63) is 0 Å². The van der Waals surface area contributed by atoms with E-state index in [1.54, 1.807) is 0 Å². The zero-order chi connectivity index (χ0) is 14.1. The topological polar surface area (TPSA) is 64.3 Å². The lowest BCUT2D eigenvalue weighted by Crippen LogP contribution is -2.23. The van der Waals surface area contributed by atoms with Crippen LogP contribution < -0.4 is 11.1 Å². The van der Waals surface area contributed by atoms with Crippen molar-refractivity contribution in [2.75, 3.05) is 20.7 Å². The summed E-state index contributed by atoms with van der Waals surface area (Å²) in [5.41, 5.74) is 4.50. The fourth-order valence-electron chi connectivity index (χ4n) is 1.06. The molecule has 0 aliphatic rings. The van der Waals surface area contributed by atoms with E-state index in [0.717, 1.165) is 25.8 Å². The van der Waals surface area contributed by atoms with Crippen molar-refractivity contribution in [1.82, 2.24) is 5.32 Å². The van der Waals surface area contributed by atoms with Gasteiger partial charge >= 0.3 is 5.97 Å². The summed E-state index contributed by atoms with van der Waals surface area (Å²) in [6.07, 6.45) is 11.7. The molecule has 0 saturated heterocycles. The first-order chi connectivity index (χ1) is 8.16. The standard InChI is InChI=1S/C10H21NO2.C2H2.CH5N/c1-9(2)11-8-6-4-5-7-10(12)13-3;2*1-2/h9,11H,4-8H2,1-3H3;1-2H;2H2,1H3. The Bertz CT molecular complexity index is 168. The second-order valence-electron chi connectivity index (χ2n) is 3.50. The maximum atomic E-state index is 10.7. The summed E-state index contributed by atoms with van der Waals surface area (Å²) in [7, 11) is 2.93. The van der Waals surface area contributed by atoms with Crippen molar-refractivity contribution >= 4 is 5.97 Å². The number of hydrogen-bond donors (Lipinski definition) is 2. The average molecular weight is 244 g/mol. The van der Waals surface area contributed by atoms with Crippen LogP contribution in [0.1, 0.15) is 39.5 Å². The SMILES string of the molecule is C#C.CN.COC(=O)CCCCCNC(C)C. The van der Waals surface area contributed by atoms with Gasteiger partial charge in [0.05, 0.1) is 7.11 Å². The predicted molar refractivity (Wildman–Crippen MR) is 73.6 cm³/mol. The van der Waals surface area contributed by atoms with Crippen LogP contribution in [0.5, 0.6) is 0 Å². The highest BCUT2D eigenvalue weighted by Gasteiger charge is 1.98. The summed E-state index contributed by atoms with van der Waals surface area (Å²) in [6, 6.07) is 0.556. The van der Waals surface area contributed by atoms with E-state index in [2.05, 4.69) is 42.5 Å². The lowest BCUT2D eigenvalue weighted by atomic mass is 10.2. The number of nitrogens with two attached hydrogens (primary N) is 1. The van der Waals surface area contributed by atoms with Gasteiger partial charge in [0.1, 0.15) is 0 Å². The maximum absolute atomic E-state index is 10.7. The molecular weight excluding hydrogens is 216 g/mol. The molecule has 0 amide bonds. The Morgan fingerprint density at radius 3 is 2.18 bits per heavy atom. The minimum Gasteiger partial charge on any atom is -0.469 e. The van der Waals surface area contributed by atoms with Gasteiger partial charge in [-0.25, -0.2) is 0 Å². The van der Waals surface area contributed by atoms with Gasteiger partial charge < -0.3 is 15.8 Å². The molecule has 0 unspecified atom stereocenters. The monoisotopic (exact) mass is 244 g/mol. The van der Waals surface area contributed by atoms with Gasteiger partial charge in [-0.2, -0.15) is 0 Å². The number of methoxy groups -OCH3 is 1. The first-order valence-corrected chi connectivity index (χ1v) is 5.88. The lowest BCUT2D eigenvalue weighted by molar-refractivity contribution is -0.140. The molecule has 0 bridgehead atoms. The Kier molecular flexibility index (Phi) is 25.5. The molecule has 3 N–H and O–H groups in total. The molecule has 0 aliphatic carbocycles. The second-order valence-corrected chi connectivity index (χ2v) is 3.50. The zero-order valence-electron chi connectivity index (χ0n) is 11.7. The van der Waals surface area contributed by atoms with Crippen LogP contribution in [0.3, 0.4) is 0 Å². The highest BCUT2D eigenvalue weighted by Crippen LogP contribution is 2.00. The molecule has 0 spiro atoms. The minimum atomic E-state index is -0.100. The summed E-state index contributed by atoms with van der Waals surface area (Å²) in [6.45, 7) is 5.31. The van der Waals surface area contributed by atoms with Gasteiger partial charge in [0, 0.05) is 12.5 Å². The quantitative estimate of drug-likeness (QED) is 0.405. The molecule has 17 heavy (non-hydrogen) atoms. The Morgan fingerprint density at radius 1 is 1.24 bits per heavy atom. The molecule has 102 valence electrons. The van der Waals surface area contributed by atoms with Crippen LogP contribution in [0.2, 0.25) is 0 Å². The lowest BCUT2D eigenvalue weighted by Gasteiger charge is -2.06. The highest BCUT2D eigenvalue weighted by atomic mass is 16.5. The van der Waals surface area contributed by atoms with E-state index >= 15 is 0 Å². The van der Waals surface area contributed by atoms with E-state index in [0.29, 0.717) is 12.5 Å². The molecule has 0 aromatic heterocycles. The second kappa shape index (κ2) is 20.4. The van der Waals surface area contributed by atoms with Crippen LogP contribution in [0.25, 0.3) is 0 Å². The Hall–Kier alpha value is -1.05.